The SMILES string of the molecule is CC(=O)O[C@@H]1C[C@@H](C(N)=O)N(C(=O)[C@@H](NC(=O)CONc2ccc3c(c2)CN([C@H]2C(C)(C)[C@H](Oc4ccc(C#N)c(Cl)c4)C2(C)C)C3=O)C(C)(C)C)C1. The van der Waals surface area contributed by atoms with E-state index in [2.05, 4.69) is 38.5 Å². The van der Waals surface area contributed by atoms with Crippen molar-refractivity contribution in [3.05, 3.63) is 58.1 Å². The molecular formula is C38H47ClN6O8. The standard InChI is InChI=1S/C38H47ClN6O8/c1-20(46)52-25-15-28(31(41)48)44(18-25)33(50)30(36(2,3)4)42-29(47)19-51-43-23-10-12-26-22(13-23)17-45(32(26)49)34-37(5,6)35(38(34,7)8)53-24-11-9-21(16-40)27(39)14-24/h9-14,25,28,30,34-35,43H,15,17-19H2,1-8H3,(H2,41,48)(H,42,47)/t25-,28+,30-,34-,35-/m1/s1. The molecule has 0 unspecified atom stereocenters. The third kappa shape index (κ3) is 7.77. The number of nitrogens with two attached hydrogens (primary N) is 1. The van der Waals surface area contributed by atoms with Crippen LogP contribution in [0.4, 0.5) is 5.69 Å². The van der Waals surface area contributed by atoms with E-state index in [1.165, 1.54) is 11.8 Å². The number of primary amides is 1. The van der Waals surface area contributed by atoms with Crippen molar-refractivity contribution in [2.24, 2.45) is 22.0 Å². The molecule has 2 aromatic rings. The number of carbonyl (C=O) groups excluding carboxylic acids is 5. The maximum Gasteiger partial charge on any atom is 0.302 e. The fourth-order valence-corrected chi connectivity index (χ4v) is 8.67. The van der Waals surface area contributed by atoms with Crippen LogP contribution in [0.25, 0.3) is 0 Å². The number of nitrogens with zero attached hydrogens (tertiary/aromatic N) is 3. The number of amides is 4. The van der Waals surface area contributed by atoms with Crippen molar-refractivity contribution in [2.75, 3.05) is 18.6 Å². The van der Waals surface area contributed by atoms with Gasteiger partial charge >= 0.3 is 5.97 Å². The number of nitriles is 1. The van der Waals surface area contributed by atoms with Gasteiger partial charge in [0, 0.05) is 48.4 Å². The van der Waals surface area contributed by atoms with Crippen LogP contribution in [0.3, 0.4) is 0 Å². The van der Waals surface area contributed by atoms with Crippen LogP contribution in [0, 0.1) is 27.6 Å². The summed E-state index contributed by atoms with van der Waals surface area (Å²) in [5.74, 6) is -1.93. The van der Waals surface area contributed by atoms with E-state index >= 15 is 0 Å². The highest BCUT2D eigenvalue weighted by Gasteiger charge is 2.67. The summed E-state index contributed by atoms with van der Waals surface area (Å²) in [6, 6.07) is 10.1. The molecular weight excluding hydrogens is 704 g/mol. The van der Waals surface area contributed by atoms with E-state index in [4.69, 9.17) is 31.6 Å². The lowest BCUT2D eigenvalue weighted by Gasteiger charge is -2.65. The molecule has 2 aliphatic heterocycles. The van der Waals surface area contributed by atoms with Gasteiger partial charge in [-0.25, -0.2) is 0 Å². The van der Waals surface area contributed by atoms with E-state index in [-0.39, 0.29) is 31.0 Å². The number of nitrogens with one attached hydrogen (secondary N) is 2. The monoisotopic (exact) mass is 750 g/mol. The van der Waals surface area contributed by atoms with E-state index < -0.39 is 64.7 Å². The summed E-state index contributed by atoms with van der Waals surface area (Å²) in [7, 11) is 0. The minimum atomic E-state index is -1.04. The number of benzene rings is 2. The fourth-order valence-electron chi connectivity index (χ4n) is 8.46. The van der Waals surface area contributed by atoms with Gasteiger partial charge in [-0.3, -0.25) is 34.3 Å². The van der Waals surface area contributed by atoms with Gasteiger partial charge in [-0.2, -0.15) is 5.26 Å². The molecule has 2 fully saturated rings. The predicted molar refractivity (Wildman–Crippen MR) is 194 cm³/mol. The molecule has 4 N–H and O–H groups in total. The smallest absolute Gasteiger partial charge is 0.302 e. The van der Waals surface area contributed by atoms with Crippen LogP contribution in [-0.2, 0) is 35.3 Å². The van der Waals surface area contributed by atoms with Crippen molar-refractivity contribution >= 4 is 46.9 Å². The molecule has 5 rings (SSSR count). The van der Waals surface area contributed by atoms with Gasteiger partial charge in [0.2, 0.25) is 17.7 Å². The second-order valence-corrected chi connectivity index (χ2v) is 16.6. The number of fused-ring (bicyclic) bond motifs is 1. The van der Waals surface area contributed by atoms with Gasteiger partial charge in [-0.05, 0) is 41.3 Å². The number of hydrogen-bond donors (Lipinski definition) is 3. The summed E-state index contributed by atoms with van der Waals surface area (Å²) in [5, 5.41) is 12.3. The summed E-state index contributed by atoms with van der Waals surface area (Å²) >= 11 is 6.25. The molecule has 3 aliphatic rings. The number of anilines is 1. The van der Waals surface area contributed by atoms with Crippen LogP contribution < -0.4 is 21.3 Å². The maximum atomic E-state index is 13.7. The Hall–Kier alpha value is -4.87. The molecule has 284 valence electrons. The predicted octanol–water partition coefficient (Wildman–Crippen LogP) is 3.94. The lowest BCUT2D eigenvalue weighted by Crippen LogP contribution is -2.74. The Labute approximate surface area is 314 Å². The molecule has 0 radical (unpaired) electrons. The molecule has 14 nitrogen and oxygen atoms in total. The number of hydrogen-bond acceptors (Lipinski definition) is 10. The Bertz CT molecular complexity index is 1850. The first-order chi connectivity index (χ1) is 24.7. The first-order valence-electron chi connectivity index (χ1n) is 17.4. The average molecular weight is 751 g/mol. The van der Waals surface area contributed by atoms with Gasteiger partial charge in [-0.15, -0.1) is 0 Å². The third-order valence-corrected chi connectivity index (χ3v) is 10.7. The first kappa shape index (κ1) is 39.3. The number of ether oxygens (including phenoxy) is 2. The van der Waals surface area contributed by atoms with Crippen LogP contribution in [0.2, 0.25) is 5.02 Å². The Morgan fingerprint density at radius 2 is 1.77 bits per heavy atom. The summed E-state index contributed by atoms with van der Waals surface area (Å²) < 4.78 is 11.6. The normalized spacial score (nSPS) is 23.3. The molecule has 1 saturated heterocycles. The van der Waals surface area contributed by atoms with Gasteiger partial charge in [0.25, 0.3) is 5.91 Å². The quantitative estimate of drug-likeness (QED) is 0.224. The molecule has 4 amide bonds. The highest BCUT2D eigenvalue weighted by atomic mass is 35.5. The number of carbonyl (C=O) groups is 5. The first-order valence-corrected chi connectivity index (χ1v) is 17.8. The Balaban J connectivity index is 1.19. The van der Waals surface area contributed by atoms with E-state index in [0.717, 1.165) is 5.56 Å². The van der Waals surface area contributed by atoms with Crippen LogP contribution in [-0.4, -0.2) is 82.9 Å². The van der Waals surface area contributed by atoms with Crippen LogP contribution in [0.5, 0.6) is 5.75 Å². The second kappa shape index (κ2) is 14.5. The minimum Gasteiger partial charge on any atom is -0.489 e. The number of likely N-dealkylation sites (tertiary alicyclic amines) is 1. The molecule has 0 spiro atoms. The van der Waals surface area contributed by atoms with Gasteiger partial charge < -0.3 is 30.3 Å². The van der Waals surface area contributed by atoms with Gasteiger partial charge in [0.15, 0.2) is 6.61 Å². The molecule has 0 aromatic heterocycles. The molecule has 2 heterocycles. The van der Waals surface area contributed by atoms with E-state index in [1.54, 1.807) is 57.2 Å². The van der Waals surface area contributed by atoms with Crippen molar-refractivity contribution in [1.29, 1.82) is 5.26 Å². The van der Waals surface area contributed by atoms with Crippen molar-refractivity contribution in [3.8, 4) is 11.8 Å². The van der Waals surface area contributed by atoms with E-state index in [0.29, 0.717) is 34.1 Å². The number of halogens is 1. The third-order valence-electron chi connectivity index (χ3n) is 10.3. The molecule has 2 aromatic carbocycles. The lowest BCUT2D eigenvalue weighted by atomic mass is 9.49. The van der Waals surface area contributed by atoms with E-state index in [9.17, 15) is 29.2 Å². The molecule has 53 heavy (non-hydrogen) atoms. The minimum absolute atomic E-state index is 0.0250. The topological polar surface area (TPSA) is 193 Å². The molecule has 15 heteroatoms. The summed E-state index contributed by atoms with van der Waals surface area (Å²) in [4.78, 5) is 72.7. The molecule has 1 aliphatic carbocycles. The number of rotatable bonds is 11. The van der Waals surface area contributed by atoms with Crippen molar-refractivity contribution in [3.63, 3.8) is 0 Å². The van der Waals surface area contributed by atoms with E-state index in [1.807, 2.05) is 11.0 Å². The average Bonchev–Trinajstić information content (AvgIpc) is 3.61. The zero-order valence-electron chi connectivity index (χ0n) is 31.2. The summed E-state index contributed by atoms with van der Waals surface area (Å²) in [6.07, 6.45) is -0.864. The zero-order valence-corrected chi connectivity index (χ0v) is 32.0. The number of esters is 1. The summed E-state index contributed by atoms with van der Waals surface area (Å²) in [6.45, 7) is 14.7. The van der Waals surface area contributed by atoms with Crippen molar-refractivity contribution < 1.29 is 38.3 Å². The lowest BCUT2D eigenvalue weighted by molar-refractivity contribution is -0.199. The van der Waals surface area contributed by atoms with Crippen LogP contribution in [0.1, 0.15) is 83.3 Å². The highest BCUT2D eigenvalue weighted by Crippen LogP contribution is 2.59. The van der Waals surface area contributed by atoms with Gasteiger partial charge in [-0.1, -0.05) is 60.1 Å². The maximum absolute atomic E-state index is 13.7. The Morgan fingerprint density at radius 1 is 1.09 bits per heavy atom. The van der Waals surface area contributed by atoms with Crippen LogP contribution in [0.15, 0.2) is 36.4 Å². The largest absolute Gasteiger partial charge is 0.489 e. The molecule has 1 saturated carbocycles. The van der Waals surface area contributed by atoms with Crippen molar-refractivity contribution in [2.45, 2.75) is 98.7 Å². The highest BCUT2D eigenvalue weighted by molar-refractivity contribution is 6.31. The van der Waals surface area contributed by atoms with Gasteiger partial charge in [0.05, 0.1) is 22.8 Å². The zero-order chi connectivity index (χ0) is 39.2. The summed E-state index contributed by atoms with van der Waals surface area (Å²) in [5.41, 5.74) is 8.98. The Kier molecular flexibility index (Phi) is 10.8. The second-order valence-electron chi connectivity index (χ2n) is 16.2. The van der Waals surface area contributed by atoms with Crippen molar-refractivity contribution in [1.82, 2.24) is 15.1 Å². The Morgan fingerprint density at radius 3 is 2.36 bits per heavy atom. The fraction of sp³-hybridized carbons (Fsp3) is 0.526. The molecule has 0 bridgehead atoms. The van der Waals surface area contributed by atoms with Crippen LogP contribution >= 0.6 is 11.6 Å². The molecule has 3 atom stereocenters. The van der Waals surface area contributed by atoms with Gasteiger partial charge in [0.1, 0.15) is 36.1 Å².